The first-order chi connectivity index (χ1) is 15.3. The first-order valence-corrected chi connectivity index (χ1v) is 11.5. The van der Waals surface area contributed by atoms with Crippen molar-refractivity contribution < 1.29 is 9.53 Å². The Hall–Kier alpha value is -2.67. The molecule has 0 aliphatic carbocycles. The van der Waals surface area contributed by atoms with Crippen LogP contribution in [0.2, 0.25) is 0 Å². The number of rotatable bonds is 5. The number of likely N-dealkylation sites (tertiary alicyclic amines) is 1. The summed E-state index contributed by atoms with van der Waals surface area (Å²) < 4.78 is 5.55. The molecule has 1 aromatic carbocycles. The van der Waals surface area contributed by atoms with Crippen molar-refractivity contribution in [3.8, 4) is 5.75 Å². The number of fused-ring (bicyclic) bond motifs is 1. The van der Waals surface area contributed by atoms with Crippen LogP contribution in [0.1, 0.15) is 58.6 Å². The average Bonchev–Trinajstić information content (AvgIpc) is 3.29. The van der Waals surface area contributed by atoms with Crippen LogP contribution < -0.4 is 10.1 Å². The molecule has 1 aromatic heterocycles. The zero-order chi connectivity index (χ0) is 23.0. The fourth-order valence-electron chi connectivity index (χ4n) is 5.06. The van der Waals surface area contributed by atoms with E-state index in [2.05, 4.69) is 37.1 Å². The average molecular weight is 438 g/mol. The summed E-state index contributed by atoms with van der Waals surface area (Å²) in [4.78, 5) is 26.0. The molecule has 1 atom stereocenters. The maximum Gasteiger partial charge on any atom is 0.219 e. The van der Waals surface area contributed by atoms with E-state index in [0.29, 0.717) is 6.54 Å². The lowest BCUT2D eigenvalue weighted by molar-refractivity contribution is -0.127. The Balaban J connectivity index is 1.58. The molecular weight excluding hydrogens is 402 g/mol. The maximum absolute atomic E-state index is 11.8. The zero-order valence-corrected chi connectivity index (χ0v) is 20.2. The smallest absolute Gasteiger partial charge is 0.219 e. The van der Waals surface area contributed by atoms with E-state index in [9.17, 15) is 4.79 Å². The van der Waals surface area contributed by atoms with Gasteiger partial charge in [0.2, 0.25) is 5.91 Å². The van der Waals surface area contributed by atoms with Crippen LogP contribution in [0.3, 0.4) is 0 Å². The Bertz CT molecular complexity index is 1040. The number of carbonyl (C=O) groups excluding carboxylic acids is 1. The summed E-state index contributed by atoms with van der Waals surface area (Å²) >= 11 is 0. The van der Waals surface area contributed by atoms with Crippen molar-refractivity contribution in [3.63, 3.8) is 0 Å². The summed E-state index contributed by atoms with van der Waals surface area (Å²) in [5.74, 6) is 3.11. The van der Waals surface area contributed by atoms with E-state index < -0.39 is 0 Å². The van der Waals surface area contributed by atoms with Crippen molar-refractivity contribution >= 4 is 11.7 Å². The quantitative estimate of drug-likeness (QED) is 0.774. The minimum Gasteiger partial charge on any atom is -0.496 e. The Kier molecular flexibility index (Phi) is 6.38. The molecule has 1 N–H and O–H groups in total. The summed E-state index contributed by atoms with van der Waals surface area (Å²) in [7, 11) is 3.67. The van der Waals surface area contributed by atoms with Gasteiger partial charge in [0.25, 0.3) is 0 Å². The van der Waals surface area contributed by atoms with Gasteiger partial charge in [-0.15, -0.1) is 0 Å². The third-order valence-corrected chi connectivity index (χ3v) is 7.21. The minimum atomic E-state index is 0.131. The van der Waals surface area contributed by atoms with Crippen molar-refractivity contribution in [2.24, 2.45) is 0 Å². The number of aryl methyl sites for hydroxylation is 1. The number of nitrogens with zero attached hydrogens (tertiary/aromatic N) is 4. The topological polar surface area (TPSA) is 70.6 Å². The van der Waals surface area contributed by atoms with Crippen LogP contribution in [0.4, 0.5) is 5.82 Å². The van der Waals surface area contributed by atoms with Gasteiger partial charge in [0.1, 0.15) is 17.4 Å². The van der Waals surface area contributed by atoms with Gasteiger partial charge >= 0.3 is 0 Å². The van der Waals surface area contributed by atoms with Gasteiger partial charge in [0, 0.05) is 58.2 Å². The molecule has 2 aliphatic heterocycles. The van der Waals surface area contributed by atoms with Crippen LogP contribution in [-0.4, -0.2) is 59.5 Å². The molecule has 1 amide bonds. The predicted octanol–water partition coefficient (Wildman–Crippen LogP) is 3.35. The van der Waals surface area contributed by atoms with Crippen LogP contribution >= 0.6 is 0 Å². The second kappa shape index (κ2) is 9.06. The minimum absolute atomic E-state index is 0.131. The number of nitrogens with one attached hydrogen (secondary N) is 1. The lowest BCUT2D eigenvalue weighted by Gasteiger charge is -2.31. The Labute approximate surface area is 191 Å². The van der Waals surface area contributed by atoms with Crippen LogP contribution in [0.15, 0.2) is 6.07 Å². The van der Waals surface area contributed by atoms with Crippen molar-refractivity contribution in [1.29, 1.82) is 0 Å². The number of carbonyl (C=O) groups is 1. The van der Waals surface area contributed by atoms with Gasteiger partial charge in [-0.05, 0) is 61.9 Å². The number of amides is 1. The van der Waals surface area contributed by atoms with Gasteiger partial charge < -0.3 is 15.0 Å². The normalized spacial score (nSPS) is 18.6. The number of anilines is 1. The molecule has 2 aliphatic rings. The number of hydrogen-bond donors (Lipinski definition) is 1. The highest BCUT2D eigenvalue weighted by Crippen LogP contribution is 2.32. The fraction of sp³-hybridized carbons (Fsp3) is 0.560. The molecule has 2 aromatic rings. The molecule has 4 rings (SSSR count). The van der Waals surface area contributed by atoms with Crippen LogP contribution in [0, 0.1) is 20.8 Å². The Morgan fingerprint density at radius 3 is 2.66 bits per heavy atom. The van der Waals surface area contributed by atoms with E-state index in [4.69, 9.17) is 14.7 Å². The van der Waals surface area contributed by atoms with Crippen LogP contribution in [-0.2, 0) is 24.3 Å². The predicted molar refractivity (Wildman–Crippen MR) is 126 cm³/mol. The van der Waals surface area contributed by atoms with E-state index in [0.717, 1.165) is 62.1 Å². The SMILES string of the molecule is CNc1nc([C@@H]2CCN(C(C)=O)C2)nc2c1CCN(Cc1c(C)cc(OC)c(C)c1C)C2. The summed E-state index contributed by atoms with van der Waals surface area (Å²) in [6.45, 7) is 12.3. The lowest BCUT2D eigenvalue weighted by Crippen LogP contribution is -2.33. The molecule has 1 fully saturated rings. The van der Waals surface area contributed by atoms with Gasteiger partial charge in [-0.3, -0.25) is 9.69 Å². The van der Waals surface area contributed by atoms with Crippen LogP contribution in [0.5, 0.6) is 5.75 Å². The highest BCUT2D eigenvalue weighted by atomic mass is 16.5. The molecule has 0 spiro atoms. The van der Waals surface area contributed by atoms with E-state index in [1.165, 1.54) is 27.8 Å². The van der Waals surface area contributed by atoms with Gasteiger partial charge in [0.05, 0.1) is 12.8 Å². The van der Waals surface area contributed by atoms with Gasteiger partial charge in [-0.2, -0.15) is 0 Å². The van der Waals surface area contributed by atoms with Gasteiger partial charge in [0.15, 0.2) is 0 Å². The maximum atomic E-state index is 11.8. The number of hydrogen-bond acceptors (Lipinski definition) is 6. The molecule has 0 bridgehead atoms. The Morgan fingerprint density at radius 2 is 2.00 bits per heavy atom. The second-order valence-electron chi connectivity index (χ2n) is 9.14. The number of benzene rings is 1. The highest BCUT2D eigenvalue weighted by Gasteiger charge is 2.30. The van der Waals surface area contributed by atoms with E-state index in [-0.39, 0.29) is 11.8 Å². The number of methoxy groups -OCH3 is 1. The van der Waals surface area contributed by atoms with Crippen molar-refractivity contribution in [1.82, 2.24) is 19.8 Å². The van der Waals surface area contributed by atoms with Crippen LogP contribution in [0.25, 0.3) is 0 Å². The molecule has 32 heavy (non-hydrogen) atoms. The number of aromatic nitrogens is 2. The summed E-state index contributed by atoms with van der Waals surface area (Å²) in [5, 5.41) is 3.29. The summed E-state index contributed by atoms with van der Waals surface area (Å²) in [6, 6.07) is 2.15. The highest BCUT2D eigenvalue weighted by molar-refractivity contribution is 5.73. The van der Waals surface area contributed by atoms with E-state index in [1.54, 1.807) is 14.0 Å². The molecule has 1 saturated heterocycles. The van der Waals surface area contributed by atoms with Crippen molar-refractivity contribution in [2.75, 3.05) is 39.1 Å². The Morgan fingerprint density at radius 1 is 1.22 bits per heavy atom. The molecule has 7 heteroatoms. The molecule has 0 saturated carbocycles. The third-order valence-electron chi connectivity index (χ3n) is 7.21. The van der Waals surface area contributed by atoms with Crippen molar-refractivity contribution in [2.45, 2.75) is 59.5 Å². The van der Waals surface area contributed by atoms with Gasteiger partial charge in [-0.1, -0.05) is 0 Å². The third kappa shape index (κ3) is 4.18. The molecule has 172 valence electrons. The fourth-order valence-corrected chi connectivity index (χ4v) is 5.06. The molecule has 7 nitrogen and oxygen atoms in total. The first kappa shape index (κ1) is 22.5. The monoisotopic (exact) mass is 437 g/mol. The molecule has 0 radical (unpaired) electrons. The lowest BCUT2D eigenvalue weighted by atomic mass is 9.96. The number of ether oxygens (including phenoxy) is 1. The summed E-state index contributed by atoms with van der Waals surface area (Å²) in [5.41, 5.74) is 7.51. The largest absolute Gasteiger partial charge is 0.496 e. The standard InChI is InChI=1S/C25H35N5O2/c1-15-11-23(32-6)17(3)16(2)21(15)13-29-9-8-20-22(14-29)27-24(28-25(20)26-5)19-7-10-30(12-19)18(4)31/h11,19H,7-10,12-14H2,1-6H3,(H,26,27,28)/t19-/m1/s1. The summed E-state index contributed by atoms with van der Waals surface area (Å²) in [6.07, 6.45) is 1.86. The second-order valence-corrected chi connectivity index (χ2v) is 9.14. The van der Waals surface area contributed by atoms with Gasteiger partial charge in [-0.25, -0.2) is 9.97 Å². The molecular formula is C25H35N5O2. The van der Waals surface area contributed by atoms with Crippen molar-refractivity contribution in [3.05, 3.63) is 45.4 Å². The molecule has 3 heterocycles. The van der Waals surface area contributed by atoms with E-state index >= 15 is 0 Å². The van der Waals surface area contributed by atoms with E-state index in [1.807, 2.05) is 11.9 Å². The zero-order valence-electron chi connectivity index (χ0n) is 20.2. The molecule has 0 unspecified atom stereocenters. The first-order valence-electron chi connectivity index (χ1n) is 11.5.